The molecule has 2 aliphatic heterocycles. The highest BCUT2D eigenvalue weighted by atomic mass is 16.2. The molecule has 3 rings (SSSR count). The van der Waals surface area contributed by atoms with Crippen molar-refractivity contribution >= 4 is 11.6 Å². The zero-order chi connectivity index (χ0) is 14.1. The third-order valence-corrected chi connectivity index (χ3v) is 4.67. The minimum Gasteiger partial charge on any atom is -0.367 e. The Morgan fingerprint density at radius 2 is 2.10 bits per heavy atom. The molecule has 2 saturated heterocycles. The van der Waals surface area contributed by atoms with Crippen LogP contribution in [0.1, 0.15) is 31.4 Å². The summed E-state index contributed by atoms with van der Waals surface area (Å²) >= 11 is 0. The fourth-order valence-electron chi connectivity index (χ4n) is 3.38. The van der Waals surface area contributed by atoms with Crippen molar-refractivity contribution in [2.75, 3.05) is 31.6 Å². The molecule has 4 nitrogen and oxygen atoms in total. The predicted molar refractivity (Wildman–Crippen MR) is 80.9 cm³/mol. The first kappa shape index (κ1) is 13.4. The number of carbonyl (C=O) groups is 1. The second kappa shape index (κ2) is 5.44. The fraction of sp³-hybridized carbons (Fsp3) is 0.562. The summed E-state index contributed by atoms with van der Waals surface area (Å²) in [6.07, 6.45) is 1.74. The second-order valence-electron chi connectivity index (χ2n) is 5.79. The highest BCUT2D eigenvalue weighted by molar-refractivity contribution is 5.79. The zero-order valence-corrected chi connectivity index (χ0v) is 12.3. The number of hydrogen-bond donors (Lipinski definition) is 1. The average molecular weight is 273 g/mol. The third-order valence-electron chi connectivity index (χ3n) is 4.67. The van der Waals surface area contributed by atoms with Crippen LogP contribution in [0.15, 0.2) is 24.3 Å². The number of nitrogens with zero attached hydrogens (tertiary/aromatic N) is 2. The number of benzene rings is 1. The van der Waals surface area contributed by atoms with Gasteiger partial charge in [-0.25, -0.2) is 0 Å². The van der Waals surface area contributed by atoms with Crippen molar-refractivity contribution in [2.45, 2.75) is 31.8 Å². The summed E-state index contributed by atoms with van der Waals surface area (Å²) in [6.45, 7) is 4.97. The monoisotopic (exact) mass is 273 g/mol. The van der Waals surface area contributed by atoms with E-state index in [2.05, 4.69) is 46.3 Å². The van der Waals surface area contributed by atoms with Crippen LogP contribution in [-0.4, -0.2) is 43.5 Å². The first-order valence-electron chi connectivity index (χ1n) is 7.51. The molecule has 1 aromatic carbocycles. The van der Waals surface area contributed by atoms with Crippen molar-refractivity contribution in [1.82, 2.24) is 10.2 Å². The summed E-state index contributed by atoms with van der Waals surface area (Å²) in [7, 11) is 2.00. The lowest BCUT2D eigenvalue weighted by Crippen LogP contribution is -2.51. The summed E-state index contributed by atoms with van der Waals surface area (Å²) in [5.74, 6) is 0.339. The molecule has 1 N–H and O–H groups in total. The molecule has 20 heavy (non-hydrogen) atoms. The van der Waals surface area contributed by atoms with Gasteiger partial charge >= 0.3 is 0 Å². The SMILES string of the molecule is CNC(C)c1ccccc1N1CCN2C(=O)CCC2C1. The van der Waals surface area contributed by atoms with Crippen LogP contribution in [0.25, 0.3) is 0 Å². The molecule has 2 unspecified atom stereocenters. The van der Waals surface area contributed by atoms with Gasteiger partial charge in [0.05, 0.1) is 0 Å². The zero-order valence-electron chi connectivity index (χ0n) is 12.3. The molecule has 2 atom stereocenters. The number of hydrogen-bond acceptors (Lipinski definition) is 3. The van der Waals surface area contributed by atoms with E-state index in [1.165, 1.54) is 11.3 Å². The summed E-state index contributed by atoms with van der Waals surface area (Å²) in [6, 6.07) is 9.36. The Hall–Kier alpha value is -1.55. The van der Waals surface area contributed by atoms with Crippen LogP contribution in [-0.2, 0) is 4.79 Å². The fourth-order valence-corrected chi connectivity index (χ4v) is 3.38. The van der Waals surface area contributed by atoms with Gasteiger partial charge in [-0.15, -0.1) is 0 Å². The van der Waals surface area contributed by atoms with Gasteiger partial charge in [-0.05, 0) is 32.0 Å². The number of amides is 1. The largest absolute Gasteiger partial charge is 0.367 e. The van der Waals surface area contributed by atoms with Crippen molar-refractivity contribution in [3.63, 3.8) is 0 Å². The number of para-hydroxylation sites is 1. The maximum Gasteiger partial charge on any atom is 0.223 e. The number of piperazine rings is 1. The van der Waals surface area contributed by atoms with Crippen LogP contribution >= 0.6 is 0 Å². The van der Waals surface area contributed by atoms with Crippen molar-refractivity contribution in [1.29, 1.82) is 0 Å². The van der Waals surface area contributed by atoms with Crippen LogP contribution in [0.4, 0.5) is 5.69 Å². The van der Waals surface area contributed by atoms with Crippen LogP contribution in [0.2, 0.25) is 0 Å². The van der Waals surface area contributed by atoms with Gasteiger partial charge in [0.15, 0.2) is 0 Å². The van der Waals surface area contributed by atoms with Gasteiger partial charge in [-0.2, -0.15) is 0 Å². The van der Waals surface area contributed by atoms with E-state index >= 15 is 0 Å². The summed E-state index contributed by atoms with van der Waals surface area (Å²) < 4.78 is 0. The Morgan fingerprint density at radius 3 is 2.90 bits per heavy atom. The van der Waals surface area contributed by atoms with E-state index in [1.54, 1.807) is 0 Å². The Bertz CT molecular complexity index is 502. The average Bonchev–Trinajstić information content (AvgIpc) is 2.87. The lowest BCUT2D eigenvalue weighted by atomic mass is 10.0. The molecule has 4 heteroatoms. The summed E-state index contributed by atoms with van der Waals surface area (Å²) in [5, 5.41) is 3.32. The topological polar surface area (TPSA) is 35.6 Å². The summed E-state index contributed by atoms with van der Waals surface area (Å²) in [5.41, 5.74) is 2.65. The lowest BCUT2D eigenvalue weighted by Gasteiger charge is -2.40. The van der Waals surface area contributed by atoms with Gasteiger partial charge in [0.2, 0.25) is 5.91 Å². The smallest absolute Gasteiger partial charge is 0.223 e. The Kier molecular flexibility index (Phi) is 3.66. The van der Waals surface area contributed by atoms with E-state index in [4.69, 9.17) is 0 Å². The van der Waals surface area contributed by atoms with E-state index in [-0.39, 0.29) is 0 Å². The lowest BCUT2D eigenvalue weighted by molar-refractivity contribution is -0.129. The maximum atomic E-state index is 11.8. The maximum absolute atomic E-state index is 11.8. The van der Waals surface area contributed by atoms with Crippen molar-refractivity contribution in [2.24, 2.45) is 0 Å². The van der Waals surface area contributed by atoms with Gasteiger partial charge in [0.25, 0.3) is 0 Å². The molecule has 2 fully saturated rings. The summed E-state index contributed by atoms with van der Waals surface area (Å²) in [4.78, 5) is 16.3. The molecule has 0 aliphatic carbocycles. The van der Waals surface area contributed by atoms with Gasteiger partial charge < -0.3 is 15.1 Å². The van der Waals surface area contributed by atoms with Crippen LogP contribution in [0.5, 0.6) is 0 Å². The normalized spacial score (nSPS) is 23.9. The molecule has 1 aromatic rings. The molecule has 2 aliphatic rings. The Morgan fingerprint density at radius 1 is 1.30 bits per heavy atom. The molecule has 0 spiro atoms. The molecular formula is C16H23N3O. The van der Waals surface area contributed by atoms with Crippen molar-refractivity contribution < 1.29 is 4.79 Å². The molecule has 0 bridgehead atoms. The molecule has 1 amide bonds. The molecule has 0 radical (unpaired) electrons. The van der Waals surface area contributed by atoms with Crippen LogP contribution < -0.4 is 10.2 Å². The van der Waals surface area contributed by atoms with Crippen molar-refractivity contribution in [3.05, 3.63) is 29.8 Å². The van der Waals surface area contributed by atoms with E-state index in [1.807, 2.05) is 7.05 Å². The van der Waals surface area contributed by atoms with Gasteiger partial charge in [0.1, 0.15) is 0 Å². The molecule has 2 heterocycles. The molecular weight excluding hydrogens is 250 g/mol. The Balaban J connectivity index is 1.82. The Labute approximate surface area is 120 Å². The standard InChI is InChI=1S/C16H23N3O/c1-12(17-2)14-5-3-4-6-15(14)18-9-10-19-13(11-18)7-8-16(19)20/h3-6,12-13,17H,7-11H2,1-2H3. The predicted octanol–water partition coefficient (Wildman–Crippen LogP) is 1.78. The molecule has 0 aromatic heterocycles. The number of carbonyl (C=O) groups excluding carboxylic acids is 1. The second-order valence-corrected chi connectivity index (χ2v) is 5.79. The van der Waals surface area contributed by atoms with Crippen LogP contribution in [0.3, 0.4) is 0 Å². The van der Waals surface area contributed by atoms with Gasteiger partial charge in [0, 0.05) is 43.8 Å². The highest BCUT2D eigenvalue weighted by Crippen LogP contribution is 2.30. The van der Waals surface area contributed by atoms with Gasteiger partial charge in [-0.3, -0.25) is 4.79 Å². The van der Waals surface area contributed by atoms with E-state index < -0.39 is 0 Å². The number of rotatable bonds is 3. The molecule has 108 valence electrons. The van der Waals surface area contributed by atoms with E-state index in [0.717, 1.165) is 32.5 Å². The minimum atomic E-state index is 0.339. The van der Waals surface area contributed by atoms with E-state index in [9.17, 15) is 4.79 Å². The highest BCUT2D eigenvalue weighted by Gasteiger charge is 2.35. The minimum absolute atomic E-state index is 0.339. The molecule has 0 saturated carbocycles. The number of nitrogens with one attached hydrogen (secondary N) is 1. The van der Waals surface area contributed by atoms with Crippen LogP contribution in [0, 0.1) is 0 Å². The van der Waals surface area contributed by atoms with Gasteiger partial charge in [-0.1, -0.05) is 18.2 Å². The van der Waals surface area contributed by atoms with Crippen molar-refractivity contribution in [3.8, 4) is 0 Å². The number of anilines is 1. The first-order valence-corrected chi connectivity index (χ1v) is 7.51. The quantitative estimate of drug-likeness (QED) is 0.912. The number of fused-ring (bicyclic) bond motifs is 1. The third kappa shape index (κ3) is 2.29. The first-order chi connectivity index (χ1) is 9.70. The van der Waals surface area contributed by atoms with E-state index in [0.29, 0.717) is 18.0 Å².